The zero-order valence-electron chi connectivity index (χ0n) is 13.7. The van der Waals surface area contributed by atoms with Crippen molar-refractivity contribution in [2.45, 2.75) is 26.3 Å². The van der Waals surface area contributed by atoms with Gasteiger partial charge in [-0.15, -0.1) is 0 Å². The van der Waals surface area contributed by atoms with Crippen molar-refractivity contribution in [3.63, 3.8) is 0 Å². The molecule has 0 unspecified atom stereocenters. The largest absolute Gasteiger partial charge is 0.338 e. The predicted octanol–water partition coefficient (Wildman–Crippen LogP) is 2.96. The molecule has 4 rings (SSSR count). The monoisotopic (exact) mass is 358 g/mol. The standard InChI is InChI=1S/C18H16ClFN4O/c1-11-7-17-21-9-12-10-23(6-5-16(12)24(17)22-11)18(25)8-13-14(19)3-2-4-15(13)20/h2-4,7,9H,5-6,8,10H2,1H3. The highest BCUT2D eigenvalue weighted by Gasteiger charge is 2.24. The zero-order valence-corrected chi connectivity index (χ0v) is 14.4. The minimum Gasteiger partial charge on any atom is -0.338 e. The predicted molar refractivity (Wildman–Crippen MR) is 92.0 cm³/mol. The summed E-state index contributed by atoms with van der Waals surface area (Å²) in [4.78, 5) is 18.7. The topological polar surface area (TPSA) is 50.5 Å². The molecule has 1 aliphatic rings. The molecule has 3 heterocycles. The van der Waals surface area contributed by atoms with Crippen molar-refractivity contribution in [1.82, 2.24) is 19.5 Å². The van der Waals surface area contributed by atoms with Gasteiger partial charge in [0.05, 0.1) is 17.8 Å². The Kier molecular flexibility index (Phi) is 3.92. The Bertz CT molecular complexity index is 964. The van der Waals surface area contributed by atoms with Crippen LogP contribution in [0.1, 0.15) is 22.5 Å². The second-order valence-corrected chi connectivity index (χ2v) is 6.64. The number of hydrogen-bond donors (Lipinski definition) is 0. The van der Waals surface area contributed by atoms with E-state index < -0.39 is 5.82 Å². The second-order valence-electron chi connectivity index (χ2n) is 6.23. The number of carbonyl (C=O) groups excluding carboxylic acids is 1. The Morgan fingerprint density at radius 1 is 1.40 bits per heavy atom. The number of hydrogen-bond acceptors (Lipinski definition) is 3. The van der Waals surface area contributed by atoms with Crippen LogP contribution >= 0.6 is 11.6 Å². The molecular formula is C18H16ClFN4O. The third kappa shape index (κ3) is 2.87. The molecule has 0 N–H and O–H groups in total. The van der Waals surface area contributed by atoms with Gasteiger partial charge in [0.2, 0.25) is 5.91 Å². The molecule has 25 heavy (non-hydrogen) atoms. The maximum absolute atomic E-state index is 13.9. The first-order chi connectivity index (χ1) is 12.0. The van der Waals surface area contributed by atoms with Crippen molar-refractivity contribution in [2.24, 2.45) is 0 Å². The van der Waals surface area contributed by atoms with Gasteiger partial charge in [0.15, 0.2) is 5.65 Å². The summed E-state index contributed by atoms with van der Waals surface area (Å²) in [6.07, 6.45) is 2.44. The van der Waals surface area contributed by atoms with Crippen molar-refractivity contribution < 1.29 is 9.18 Å². The van der Waals surface area contributed by atoms with Crippen LogP contribution in [0.25, 0.3) is 5.65 Å². The Balaban J connectivity index is 1.58. The van der Waals surface area contributed by atoms with E-state index in [9.17, 15) is 9.18 Å². The van der Waals surface area contributed by atoms with Crippen LogP contribution in [0.3, 0.4) is 0 Å². The molecule has 0 spiro atoms. The lowest BCUT2D eigenvalue weighted by Gasteiger charge is -2.29. The molecule has 128 valence electrons. The summed E-state index contributed by atoms with van der Waals surface area (Å²) < 4.78 is 15.8. The number of benzene rings is 1. The highest BCUT2D eigenvalue weighted by atomic mass is 35.5. The summed E-state index contributed by atoms with van der Waals surface area (Å²) in [7, 11) is 0. The third-order valence-electron chi connectivity index (χ3n) is 4.51. The smallest absolute Gasteiger partial charge is 0.227 e. The highest BCUT2D eigenvalue weighted by molar-refractivity contribution is 6.31. The lowest BCUT2D eigenvalue weighted by Crippen LogP contribution is -2.38. The van der Waals surface area contributed by atoms with Gasteiger partial charge in [-0.3, -0.25) is 4.79 Å². The van der Waals surface area contributed by atoms with Crippen LogP contribution in [0.5, 0.6) is 0 Å². The summed E-state index contributed by atoms with van der Waals surface area (Å²) in [5, 5.41) is 4.75. The minimum absolute atomic E-state index is 0.0443. The molecule has 0 saturated carbocycles. The molecule has 1 amide bonds. The van der Waals surface area contributed by atoms with Crippen molar-refractivity contribution in [3.8, 4) is 0 Å². The lowest BCUT2D eigenvalue weighted by molar-refractivity contribution is -0.131. The van der Waals surface area contributed by atoms with E-state index in [0.29, 0.717) is 19.5 Å². The van der Waals surface area contributed by atoms with Gasteiger partial charge in [0.1, 0.15) is 5.82 Å². The van der Waals surface area contributed by atoms with Gasteiger partial charge in [-0.2, -0.15) is 5.10 Å². The number of nitrogens with zero attached hydrogens (tertiary/aromatic N) is 4. The molecule has 0 fully saturated rings. The SMILES string of the molecule is Cc1cc2ncc3c(n2n1)CCN(C(=O)Cc1c(F)cccc1Cl)C3. The molecule has 1 aliphatic heterocycles. The van der Waals surface area contributed by atoms with Gasteiger partial charge in [-0.05, 0) is 19.1 Å². The Morgan fingerprint density at radius 2 is 2.24 bits per heavy atom. The number of rotatable bonds is 2. The number of amides is 1. The first kappa shape index (κ1) is 16.0. The van der Waals surface area contributed by atoms with Crippen LogP contribution in [0.4, 0.5) is 4.39 Å². The maximum atomic E-state index is 13.9. The maximum Gasteiger partial charge on any atom is 0.227 e. The Hall–Kier alpha value is -2.47. The summed E-state index contributed by atoms with van der Waals surface area (Å²) in [5.74, 6) is -0.594. The van der Waals surface area contributed by atoms with E-state index in [1.165, 1.54) is 12.1 Å². The van der Waals surface area contributed by atoms with Gasteiger partial charge >= 0.3 is 0 Å². The lowest BCUT2D eigenvalue weighted by atomic mass is 10.1. The number of aromatic nitrogens is 3. The Labute approximate surface area is 149 Å². The molecule has 7 heteroatoms. The quantitative estimate of drug-likeness (QED) is 0.707. The molecule has 0 radical (unpaired) electrons. The van der Waals surface area contributed by atoms with Gasteiger partial charge < -0.3 is 4.90 Å². The molecule has 2 aromatic heterocycles. The van der Waals surface area contributed by atoms with E-state index >= 15 is 0 Å². The fourth-order valence-corrected chi connectivity index (χ4v) is 3.46. The minimum atomic E-state index is -0.450. The van der Waals surface area contributed by atoms with Gasteiger partial charge in [0, 0.05) is 47.9 Å². The van der Waals surface area contributed by atoms with Crippen LogP contribution in [0.2, 0.25) is 5.02 Å². The molecule has 5 nitrogen and oxygen atoms in total. The van der Waals surface area contributed by atoms with Crippen molar-refractivity contribution in [2.75, 3.05) is 6.54 Å². The van der Waals surface area contributed by atoms with E-state index in [-0.39, 0.29) is 22.9 Å². The van der Waals surface area contributed by atoms with E-state index in [0.717, 1.165) is 22.6 Å². The van der Waals surface area contributed by atoms with E-state index in [1.54, 1.807) is 17.2 Å². The fourth-order valence-electron chi connectivity index (χ4n) is 3.23. The number of fused-ring (bicyclic) bond motifs is 3. The molecule has 0 saturated heterocycles. The van der Waals surface area contributed by atoms with Gasteiger partial charge in [-0.1, -0.05) is 17.7 Å². The van der Waals surface area contributed by atoms with Crippen LogP contribution in [0, 0.1) is 12.7 Å². The first-order valence-electron chi connectivity index (χ1n) is 8.07. The first-order valence-corrected chi connectivity index (χ1v) is 8.44. The van der Waals surface area contributed by atoms with Crippen LogP contribution in [0.15, 0.2) is 30.5 Å². The normalized spacial score (nSPS) is 14.0. The van der Waals surface area contributed by atoms with Gasteiger partial charge in [0.25, 0.3) is 0 Å². The molecule has 3 aromatic rings. The molecule has 0 atom stereocenters. The highest BCUT2D eigenvalue weighted by Crippen LogP contribution is 2.23. The molecule has 1 aromatic carbocycles. The average Bonchev–Trinajstić information content (AvgIpc) is 2.98. The summed E-state index contributed by atoms with van der Waals surface area (Å²) in [6, 6.07) is 6.38. The number of carbonyl (C=O) groups is 1. The number of aryl methyl sites for hydroxylation is 1. The van der Waals surface area contributed by atoms with E-state index in [4.69, 9.17) is 11.6 Å². The average molecular weight is 359 g/mol. The zero-order chi connectivity index (χ0) is 17.6. The van der Waals surface area contributed by atoms with Crippen molar-refractivity contribution in [1.29, 1.82) is 0 Å². The molecular weight excluding hydrogens is 343 g/mol. The van der Waals surface area contributed by atoms with E-state index in [1.807, 2.05) is 17.5 Å². The summed E-state index contributed by atoms with van der Waals surface area (Å²) in [5.41, 5.74) is 4.01. The fraction of sp³-hybridized carbons (Fsp3) is 0.278. The van der Waals surface area contributed by atoms with Crippen molar-refractivity contribution in [3.05, 3.63) is 63.8 Å². The third-order valence-corrected chi connectivity index (χ3v) is 4.87. The summed E-state index contributed by atoms with van der Waals surface area (Å²) >= 11 is 6.03. The Morgan fingerprint density at radius 3 is 3.04 bits per heavy atom. The second kappa shape index (κ2) is 6.11. The molecule has 0 bridgehead atoms. The van der Waals surface area contributed by atoms with Gasteiger partial charge in [-0.25, -0.2) is 13.9 Å². The van der Waals surface area contributed by atoms with Crippen LogP contribution < -0.4 is 0 Å². The molecule has 0 aliphatic carbocycles. The number of halogens is 2. The summed E-state index contributed by atoms with van der Waals surface area (Å²) in [6.45, 7) is 2.94. The van der Waals surface area contributed by atoms with Crippen molar-refractivity contribution >= 4 is 23.2 Å². The van der Waals surface area contributed by atoms with Crippen LogP contribution in [-0.2, 0) is 24.2 Å². The van der Waals surface area contributed by atoms with Crippen LogP contribution in [-0.4, -0.2) is 31.9 Å². The van der Waals surface area contributed by atoms with E-state index in [2.05, 4.69) is 10.1 Å².